The van der Waals surface area contributed by atoms with Crippen LogP contribution in [0, 0.1) is 5.41 Å². The summed E-state index contributed by atoms with van der Waals surface area (Å²) >= 11 is 0. The molecule has 1 saturated carbocycles. The van der Waals surface area contributed by atoms with E-state index in [-0.39, 0.29) is 12.3 Å². The van der Waals surface area contributed by atoms with Crippen molar-refractivity contribution in [1.29, 1.82) is 0 Å². The van der Waals surface area contributed by atoms with Gasteiger partial charge in [0.1, 0.15) is 5.60 Å². The smallest absolute Gasteiger partial charge is 0.310 e. The van der Waals surface area contributed by atoms with Crippen molar-refractivity contribution in [2.24, 2.45) is 5.41 Å². The van der Waals surface area contributed by atoms with E-state index in [1.54, 1.807) is 20.8 Å². The van der Waals surface area contributed by atoms with Crippen LogP contribution in [0.1, 0.15) is 45.1 Å². The second kappa shape index (κ2) is 4.93. The molecule has 2 rings (SSSR count). The maximum atomic E-state index is 11.9. The molecule has 0 aliphatic heterocycles. The summed E-state index contributed by atoms with van der Waals surface area (Å²) in [6, 6.07) is 9.47. The van der Waals surface area contributed by atoms with E-state index in [0.29, 0.717) is 6.42 Å². The lowest BCUT2D eigenvalue weighted by molar-refractivity contribution is -0.161. The van der Waals surface area contributed by atoms with Crippen molar-refractivity contribution in [3.05, 3.63) is 35.9 Å². The Kier molecular flexibility index (Phi) is 3.59. The highest BCUT2D eigenvalue weighted by Gasteiger charge is 2.62. The minimum absolute atomic E-state index is 0.0703. The molecule has 4 heteroatoms. The second-order valence-electron chi connectivity index (χ2n) is 6.39. The Morgan fingerprint density at radius 2 is 1.90 bits per heavy atom. The number of ether oxygens (including phenoxy) is 1. The Hall–Kier alpha value is -1.84. The van der Waals surface area contributed by atoms with Gasteiger partial charge in [-0.1, -0.05) is 30.3 Å². The average Bonchev–Trinajstić information content (AvgIpc) is 3.03. The molecule has 1 fully saturated rings. The maximum Gasteiger partial charge on any atom is 0.310 e. The lowest BCUT2D eigenvalue weighted by Gasteiger charge is -2.21. The quantitative estimate of drug-likeness (QED) is 0.859. The fourth-order valence-corrected chi connectivity index (χ4v) is 2.57. The summed E-state index contributed by atoms with van der Waals surface area (Å²) in [7, 11) is 0. The molecular formula is C16H20O4. The lowest BCUT2D eigenvalue weighted by Crippen LogP contribution is -2.28. The zero-order valence-electron chi connectivity index (χ0n) is 12.1. The van der Waals surface area contributed by atoms with Gasteiger partial charge in [0.05, 0.1) is 11.8 Å². The second-order valence-corrected chi connectivity index (χ2v) is 6.39. The van der Waals surface area contributed by atoms with Crippen molar-refractivity contribution in [3.63, 3.8) is 0 Å². The van der Waals surface area contributed by atoms with Crippen molar-refractivity contribution < 1.29 is 19.4 Å². The summed E-state index contributed by atoms with van der Waals surface area (Å²) in [6.07, 6.45) is 0.421. The summed E-state index contributed by atoms with van der Waals surface area (Å²) in [5.41, 5.74) is -0.615. The van der Waals surface area contributed by atoms with Gasteiger partial charge in [-0.05, 0) is 32.8 Å². The van der Waals surface area contributed by atoms with Crippen LogP contribution in [0.25, 0.3) is 0 Å². The molecule has 1 aromatic rings. The zero-order valence-corrected chi connectivity index (χ0v) is 12.1. The van der Waals surface area contributed by atoms with E-state index in [4.69, 9.17) is 4.74 Å². The number of carboxylic acids is 1. The summed E-state index contributed by atoms with van der Waals surface area (Å²) < 4.78 is 5.25. The molecule has 1 aliphatic carbocycles. The van der Waals surface area contributed by atoms with E-state index in [1.807, 2.05) is 30.3 Å². The number of carbonyl (C=O) groups is 2. The standard InChI is InChI=1S/C16H20O4/c1-15(2,3)20-13(17)10-16(14(18)19)9-12(16)11-7-5-4-6-8-11/h4-8,12H,9-10H2,1-3H3,(H,18,19)/t12-,16?/m1/s1. The summed E-state index contributed by atoms with van der Waals surface area (Å²) in [5.74, 6) is -1.47. The number of aliphatic carboxylic acids is 1. The van der Waals surface area contributed by atoms with E-state index in [1.165, 1.54) is 0 Å². The fraction of sp³-hybridized carbons (Fsp3) is 0.500. The van der Waals surface area contributed by atoms with Crippen LogP contribution in [0.2, 0.25) is 0 Å². The summed E-state index contributed by atoms with van der Waals surface area (Å²) in [4.78, 5) is 23.5. The van der Waals surface area contributed by atoms with E-state index in [9.17, 15) is 14.7 Å². The normalized spacial score (nSPS) is 25.1. The molecule has 1 N–H and O–H groups in total. The van der Waals surface area contributed by atoms with Crippen LogP contribution in [0.15, 0.2) is 30.3 Å². The largest absolute Gasteiger partial charge is 0.481 e. The third-order valence-electron chi connectivity index (χ3n) is 3.58. The van der Waals surface area contributed by atoms with Crippen molar-refractivity contribution in [2.45, 2.75) is 45.1 Å². The van der Waals surface area contributed by atoms with Crippen molar-refractivity contribution in [3.8, 4) is 0 Å². The zero-order chi connectivity index (χ0) is 15.0. The first-order valence-electron chi connectivity index (χ1n) is 6.75. The number of benzene rings is 1. The Morgan fingerprint density at radius 1 is 1.30 bits per heavy atom. The van der Waals surface area contributed by atoms with Crippen LogP contribution in [-0.2, 0) is 14.3 Å². The van der Waals surface area contributed by atoms with Crippen molar-refractivity contribution >= 4 is 11.9 Å². The van der Waals surface area contributed by atoms with Gasteiger partial charge in [0.15, 0.2) is 0 Å². The number of carbonyl (C=O) groups excluding carboxylic acids is 1. The molecule has 0 saturated heterocycles. The van der Waals surface area contributed by atoms with Gasteiger partial charge in [0, 0.05) is 5.92 Å². The molecule has 0 radical (unpaired) electrons. The minimum Gasteiger partial charge on any atom is -0.481 e. The van der Waals surface area contributed by atoms with E-state index in [0.717, 1.165) is 5.56 Å². The molecule has 1 aliphatic rings. The molecule has 20 heavy (non-hydrogen) atoms. The van der Waals surface area contributed by atoms with Gasteiger partial charge in [-0.15, -0.1) is 0 Å². The van der Waals surface area contributed by atoms with Crippen LogP contribution < -0.4 is 0 Å². The molecule has 0 heterocycles. The van der Waals surface area contributed by atoms with E-state index in [2.05, 4.69) is 0 Å². The Balaban J connectivity index is 2.11. The van der Waals surface area contributed by atoms with Gasteiger partial charge in [-0.2, -0.15) is 0 Å². The Bertz CT molecular complexity index is 515. The molecule has 0 aromatic heterocycles. The highest BCUT2D eigenvalue weighted by Crippen LogP contribution is 2.61. The predicted molar refractivity (Wildman–Crippen MR) is 74.3 cm³/mol. The number of hydrogen-bond donors (Lipinski definition) is 1. The Labute approximate surface area is 118 Å². The maximum absolute atomic E-state index is 11.9. The lowest BCUT2D eigenvalue weighted by atomic mass is 9.95. The van der Waals surface area contributed by atoms with Crippen LogP contribution in [0.3, 0.4) is 0 Å². The first-order valence-corrected chi connectivity index (χ1v) is 6.75. The molecular weight excluding hydrogens is 256 g/mol. The molecule has 0 amide bonds. The molecule has 108 valence electrons. The van der Waals surface area contributed by atoms with Gasteiger partial charge >= 0.3 is 11.9 Å². The van der Waals surface area contributed by atoms with Crippen LogP contribution in [0.5, 0.6) is 0 Å². The summed E-state index contributed by atoms with van der Waals surface area (Å²) in [6.45, 7) is 5.33. The van der Waals surface area contributed by atoms with Crippen LogP contribution >= 0.6 is 0 Å². The number of rotatable bonds is 4. The van der Waals surface area contributed by atoms with Gasteiger partial charge in [-0.25, -0.2) is 0 Å². The van der Waals surface area contributed by atoms with Crippen molar-refractivity contribution in [2.75, 3.05) is 0 Å². The first-order chi connectivity index (χ1) is 9.24. The number of carboxylic acid groups (broad SMARTS) is 1. The van der Waals surface area contributed by atoms with E-state index < -0.39 is 23.0 Å². The fourth-order valence-electron chi connectivity index (χ4n) is 2.57. The molecule has 1 aromatic carbocycles. The molecule has 0 spiro atoms. The molecule has 4 nitrogen and oxygen atoms in total. The third kappa shape index (κ3) is 3.00. The van der Waals surface area contributed by atoms with Gasteiger partial charge in [-0.3, -0.25) is 9.59 Å². The number of hydrogen-bond acceptors (Lipinski definition) is 3. The highest BCUT2D eigenvalue weighted by molar-refractivity contribution is 5.87. The molecule has 1 unspecified atom stereocenters. The topological polar surface area (TPSA) is 63.6 Å². The SMILES string of the molecule is CC(C)(C)OC(=O)CC1(C(=O)O)C[C@@H]1c1ccccc1. The first kappa shape index (κ1) is 14.6. The number of esters is 1. The van der Waals surface area contributed by atoms with Crippen LogP contribution in [-0.4, -0.2) is 22.6 Å². The van der Waals surface area contributed by atoms with Crippen molar-refractivity contribution in [1.82, 2.24) is 0 Å². The van der Waals surface area contributed by atoms with Gasteiger partial charge in [0.2, 0.25) is 0 Å². The summed E-state index contributed by atoms with van der Waals surface area (Å²) in [5, 5.41) is 9.47. The van der Waals surface area contributed by atoms with Gasteiger partial charge < -0.3 is 9.84 Å². The monoisotopic (exact) mass is 276 g/mol. The predicted octanol–water partition coefficient (Wildman–Crippen LogP) is 2.98. The molecule has 2 atom stereocenters. The third-order valence-corrected chi connectivity index (χ3v) is 3.58. The minimum atomic E-state index is -0.996. The molecule has 0 bridgehead atoms. The van der Waals surface area contributed by atoms with E-state index >= 15 is 0 Å². The highest BCUT2D eigenvalue weighted by atomic mass is 16.6. The Morgan fingerprint density at radius 3 is 2.40 bits per heavy atom. The van der Waals surface area contributed by atoms with Crippen LogP contribution in [0.4, 0.5) is 0 Å². The average molecular weight is 276 g/mol. The van der Waals surface area contributed by atoms with Gasteiger partial charge in [0.25, 0.3) is 0 Å².